The molecule has 0 aromatic carbocycles. The monoisotopic (exact) mass is 327 g/mol. The van der Waals surface area contributed by atoms with Crippen molar-refractivity contribution < 1.29 is 20.4 Å². The summed E-state index contributed by atoms with van der Waals surface area (Å²) >= 11 is 0. The SMILES string of the molecule is CC(C)CC1CC[N-]CC1.[Re]. The quantitative estimate of drug-likeness (QED) is 0.741. The minimum Gasteiger partial charge on any atom is -0.662 e. The summed E-state index contributed by atoms with van der Waals surface area (Å²) in [6.45, 7) is 6.87. The molecule has 0 amide bonds. The molecule has 0 atom stereocenters. The van der Waals surface area contributed by atoms with Gasteiger partial charge in [0.25, 0.3) is 0 Å². The summed E-state index contributed by atoms with van der Waals surface area (Å²) in [7, 11) is 0. The minimum absolute atomic E-state index is 0. The fraction of sp³-hybridized carbons (Fsp3) is 1.00. The zero-order valence-corrected chi connectivity index (χ0v) is 10.2. The number of hydrogen-bond donors (Lipinski definition) is 0. The first-order valence-corrected chi connectivity index (χ1v) is 4.42. The van der Waals surface area contributed by atoms with E-state index in [1.807, 2.05) is 0 Å². The molecule has 67 valence electrons. The molecular formula is C9H18NRe-. The largest absolute Gasteiger partial charge is 0.662 e. The third-order valence-electron chi connectivity index (χ3n) is 2.20. The van der Waals surface area contributed by atoms with E-state index in [2.05, 4.69) is 19.2 Å². The van der Waals surface area contributed by atoms with Gasteiger partial charge in [0.2, 0.25) is 0 Å². The van der Waals surface area contributed by atoms with Crippen molar-refractivity contribution in [2.75, 3.05) is 13.1 Å². The summed E-state index contributed by atoms with van der Waals surface area (Å²) in [4.78, 5) is 0. The Balaban J connectivity index is 0.000001000. The molecule has 0 N–H and O–H groups in total. The Morgan fingerprint density at radius 3 is 2.27 bits per heavy atom. The molecule has 0 aromatic heterocycles. The topological polar surface area (TPSA) is 14.1 Å². The summed E-state index contributed by atoms with van der Waals surface area (Å²) in [6, 6.07) is 0. The molecule has 1 fully saturated rings. The molecule has 1 saturated heterocycles. The zero-order chi connectivity index (χ0) is 7.40. The average Bonchev–Trinajstić information content (AvgIpc) is 1.88. The fourth-order valence-corrected chi connectivity index (χ4v) is 1.71. The molecule has 0 aromatic rings. The van der Waals surface area contributed by atoms with Crippen molar-refractivity contribution >= 4 is 0 Å². The smallest absolute Gasteiger partial charge is 0 e. The molecule has 1 rings (SSSR count). The van der Waals surface area contributed by atoms with Gasteiger partial charge in [-0.15, -0.1) is 13.1 Å². The van der Waals surface area contributed by atoms with E-state index >= 15 is 0 Å². The van der Waals surface area contributed by atoms with E-state index < -0.39 is 0 Å². The fourth-order valence-electron chi connectivity index (χ4n) is 1.71. The molecule has 1 aliphatic rings. The van der Waals surface area contributed by atoms with Gasteiger partial charge >= 0.3 is 0 Å². The summed E-state index contributed by atoms with van der Waals surface area (Å²) in [5.74, 6) is 1.86. The van der Waals surface area contributed by atoms with Crippen LogP contribution in [-0.4, -0.2) is 13.1 Å². The second-order valence-electron chi connectivity index (χ2n) is 3.74. The van der Waals surface area contributed by atoms with Crippen molar-refractivity contribution in [1.82, 2.24) is 0 Å². The van der Waals surface area contributed by atoms with E-state index in [-0.39, 0.29) is 20.4 Å². The van der Waals surface area contributed by atoms with E-state index in [1.165, 1.54) is 19.3 Å². The molecule has 1 nitrogen and oxygen atoms in total. The van der Waals surface area contributed by atoms with E-state index in [1.54, 1.807) is 0 Å². The van der Waals surface area contributed by atoms with E-state index in [9.17, 15) is 0 Å². The van der Waals surface area contributed by atoms with Crippen LogP contribution in [0, 0.1) is 11.8 Å². The van der Waals surface area contributed by atoms with Crippen LogP contribution in [0.4, 0.5) is 0 Å². The van der Waals surface area contributed by atoms with Crippen LogP contribution in [0.3, 0.4) is 0 Å². The van der Waals surface area contributed by atoms with Crippen LogP contribution in [0.25, 0.3) is 5.32 Å². The van der Waals surface area contributed by atoms with Gasteiger partial charge in [0.05, 0.1) is 0 Å². The van der Waals surface area contributed by atoms with Gasteiger partial charge in [-0.2, -0.15) is 0 Å². The molecule has 1 aliphatic heterocycles. The number of rotatable bonds is 2. The molecule has 0 aliphatic carbocycles. The number of piperidine rings is 1. The maximum absolute atomic E-state index is 4.33. The Morgan fingerprint density at radius 1 is 1.27 bits per heavy atom. The van der Waals surface area contributed by atoms with Crippen molar-refractivity contribution in [3.63, 3.8) is 0 Å². The Morgan fingerprint density at radius 2 is 1.82 bits per heavy atom. The Kier molecular flexibility index (Phi) is 6.52. The Hall–Kier alpha value is 0.622. The van der Waals surface area contributed by atoms with Gasteiger partial charge in [-0.1, -0.05) is 26.7 Å². The standard InChI is InChI=1S/C9H18N.Re/c1-8(2)7-9-3-5-10-6-4-9;/h8-9H,3-7H2,1-2H3;/q-1;. The van der Waals surface area contributed by atoms with Crippen LogP contribution in [0.2, 0.25) is 0 Å². The van der Waals surface area contributed by atoms with Gasteiger partial charge < -0.3 is 5.32 Å². The predicted octanol–water partition coefficient (Wildman–Crippen LogP) is 2.81. The van der Waals surface area contributed by atoms with Crippen molar-refractivity contribution in [2.45, 2.75) is 33.1 Å². The predicted molar refractivity (Wildman–Crippen MR) is 45.3 cm³/mol. The van der Waals surface area contributed by atoms with Crippen LogP contribution >= 0.6 is 0 Å². The van der Waals surface area contributed by atoms with Crippen LogP contribution in [0.15, 0.2) is 0 Å². The zero-order valence-electron chi connectivity index (χ0n) is 7.52. The average molecular weight is 326 g/mol. The second kappa shape index (κ2) is 6.17. The van der Waals surface area contributed by atoms with Crippen molar-refractivity contribution in [3.8, 4) is 0 Å². The summed E-state index contributed by atoms with van der Waals surface area (Å²) in [5, 5.41) is 4.33. The summed E-state index contributed by atoms with van der Waals surface area (Å²) in [5.41, 5.74) is 0. The molecular weight excluding hydrogens is 308 g/mol. The summed E-state index contributed by atoms with van der Waals surface area (Å²) < 4.78 is 0. The Labute approximate surface area is 84.0 Å². The normalized spacial score (nSPS) is 19.9. The third-order valence-corrected chi connectivity index (χ3v) is 2.20. The maximum atomic E-state index is 4.33. The molecule has 1 heterocycles. The molecule has 1 radical (unpaired) electrons. The van der Waals surface area contributed by atoms with Gasteiger partial charge in [0.1, 0.15) is 0 Å². The van der Waals surface area contributed by atoms with Crippen molar-refractivity contribution in [1.29, 1.82) is 0 Å². The first kappa shape index (κ1) is 11.6. The molecule has 2 heteroatoms. The van der Waals surface area contributed by atoms with E-state index in [0.29, 0.717) is 0 Å². The summed E-state index contributed by atoms with van der Waals surface area (Å²) in [6.07, 6.45) is 4.10. The number of nitrogens with zero attached hydrogens (tertiary/aromatic N) is 1. The second-order valence-corrected chi connectivity index (χ2v) is 3.74. The van der Waals surface area contributed by atoms with Crippen LogP contribution in [0.1, 0.15) is 33.1 Å². The van der Waals surface area contributed by atoms with Gasteiger partial charge in [-0.3, -0.25) is 0 Å². The van der Waals surface area contributed by atoms with Crippen molar-refractivity contribution in [3.05, 3.63) is 5.32 Å². The van der Waals surface area contributed by atoms with Gasteiger partial charge in [0, 0.05) is 20.4 Å². The van der Waals surface area contributed by atoms with Crippen LogP contribution < -0.4 is 0 Å². The first-order chi connectivity index (χ1) is 4.79. The molecule has 0 bridgehead atoms. The molecule has 0 saturated carbocycles. The van der Waals surface area contributed by atoms with E-state index in [4.69, 9.17) is 0 Å². The van der Waals surface area contributed by atoms with E-state index in [0.717, 1.165) is 24.9 Å². The minimum atomic E-state index is 0. The first-order valence-electron chi connectivity index (χ1n) is 4.42. The van der Waals surface area contributed by atoms with Gasteiger partial charge in [-0.25, -0.2) is 0 Å². The van der Waals surface area contributed by atoms with Crippen molar-refractivity contribution in [2.24, 2.45) is 11.8 Å². The Bertz CT molecular complexity index is 87.6. The van der Waals surface area contributed by atoms with Gasteiger partial charge in [-0.05, 0) is 18.3 Å². The number of hydrogen-bond acceptors (Lipinski definition) is 0. The van der Waals surface area contributed by atoms with Crippen LogP contribution in [-0.2, 0) is 20.4 Å². The molecule has 0 spiro atoms. The van der Waals surface area contributed by atoms with Crippen LogP contribution in [0.5, 0.6) is 0 Å². The third kappa shape index (κ3) is 4.96. The van der Waals surface area contributed by atoms with Gasteiger partial charge in [0.15, 0.2) is 0 Å². The molecule has 11 heavy (non-hydrogen) atoms. The molecule has 0 unspecified atom stereocenters. The maximum Gasteiger partial charge on any atom is 0 e.